The summed E-state index contributed by atoms with van der Waals surface area (Å²) in [5.74, 6) is 5.35. The van der Waals surface area contributed by atoms with E-state index in [1.54, 1.807) is 0 Å². The zero-order valence-electron chi connectivity index (χ0n) is 11.2. The second kappa shape index (κ2) is 5.84. The largest absolute Gasteiger partial charge is 0.416 e. The molecule has 1 aromatic rings. The Morgan fingerprint density at radius 1 is 1.35 bits per heavy atom. The average Bonchev–Trinajstić information content (AvgIpc) is 2.37. The van der Waals surface area contributed by atoms with E-state index in [1.165, 1.54) is 0 Å². The first-order valence-electron chi connectivity index (χ1n) is 6.39. The number of halogens is 3. The highest BCUT2D eigenvalue weighted by atomic mass is 19.4. The van der Waals surface area contributed by atoms with Crippen LogP contribution >= 0.6 is 0 Å². The molecule has 0 aromatic carbocycles. The molecule has 1 aliphatic rings. The van der Waals surface area contributed by atoms with E-state index in [2.05, 4.69) is 20.6 Å². The second-order valence-electron chi connectivity index (χ2n) is 5.01. The van der Waals surface area contributed by atoms with Crippen molar-refractivity contribution in [3.8, 4) is 0 Å². The Bertz CT molecular complexity index is 463. The summed E-state index contributed by atoms with van der Waals surface area (Å²) in [6, 6.07) is 1.99. The lowest BCUT2D eigenvalue weighted by Crippen LogP contribution is -2.40. The summed E-state index contributed by atoms with van der Waals surface area (Å²) in [6.07, 6.45) is -2.50. The van der Waals surface area contributed by atoms with Crippen molar-refractivity contribution < 1.29 is 13.2 Å². The highest BCUT2D eigenvalue weighted by Gasteiger charge is 2.32. The molecule has 112 valence electrons. The van der Waals surface area contributed by atoms with Gasteiger partial charge in [0.25, 0.3) is 0 Å². The van der Waals surface area contributed by atoms with E-state index in [0.717, 1.165) is 38.1 Å². The van der Waals surface area contributed by atoms with Crippen LogP contribution in [0.15, 0.2) is 12.1 Å². The third-order valence-corrected chi connectivity index (χ3v) is 3.28. The van der Waals surface area contributed by atoms with Crippen LogP contribution in [0.4, 0.5) is 24.8 Å². The third kappa shape index (κ3) is 3.73. The van der Waals surface area contributed by atoms with Crippen LogP contribution in [-0.4, -0.2) is 36.1 Å². The number of alkyl halides is 3. The molecule has 5 nitrogen and oxygen atoms in total. The van der Waals surface area contributed by atoms with Crippen LogP contribution in [0.25, 0.3) is 0 Å². The van der Waals surface area contributed by atoms with Gasteiger partial charge in [-0.1, -0.05) is 0 Å². The summed E-state index contributed by atoms with van der Waals surface area (Å²) >= 11 is 0. The van der Waals surface area contributed by atoms with E-state index in [4.69, 9.17) is 5.84 Å². The third-order valence-electron chi connectivity index (χ3n) is 3.28. The molecule has 0 amide bonds. The lowest BCUT2D eigenvalue weighted by molar-refractivity contribution is -0.137. The smallest absolute Gasteiger partial charge is 0.366 e. The molecular weight excluding hydrogens is 271 g/mol. The number of hydrogen-bond donors (Lipinski definition) is 3. The van der Waals surface area contributed by atoms with E-state index >= 15 is 0 Å². The number of pyridine rings is 1. The van der Waals surface area contributed by atoms with Crippen LogP contribution in [0.3, 0.4) is 0 Å². The highest BCUT2D eigenvalue weighted by Crippen LogP contribution is 2.32. The number of rotatable bonds is 3. The van der Waals surface area contributed by atoms with Crippen molar-refractivity contribution in [1.82, 2.24) is 9.88 Å². The van der Waals surface area contributed by atoms with Crippen molar-refractivity contribution in [2.75, 3.05) is 30.9 Å². The number of likely N-dealkylation sites (N-methyl/N-ethyl adjacent to an activating group) is 1. The summed E-state index contributed by atoms with van der Waals surface area (Å²) in [7, 11) is 1.99. The topological polar surface area (TPSA) is 66.2 Å². The fourth-order valence-corrected chi connectivity index (χ4v) is 2.34. The number of nitrogens with zero attached hydrogens (tertiary/aromatic N) is 2. The highest BCUT2D eigenvalue weighted by molar-refractivity contribution is 5.49. The number of nitrogen functional groups attached to an aromatic ring is 1. The van der Waals surface area contributed by atoms with Crippen LogP contribution < -0.4 is 16.6 Å². The van der Waals surface area contributed by atoms with Gasteiger partial charge in [0.15, 0.2) is 0 Å². The lowest BCUT2D eigenvalue weighted by atomic mass is 10.1. The number of likely N-dealkylation sites (tertiary alicyclic amines) is 1. The Balaban J connectivity index is 2.18. The van der Waals surface area contributed by atoms with Crippen LogP contribution in [0, 0.1) is 0 Å². The summed E-state index contributed by atoms with van der Waals surface area (Å²) in [6.45, 7) is 1.78. The average molecular weight is 289 g/mol. The van der Waals surface area contributed by atoms with Crippen molar-refractivity contribution >= 4 is 11.6 Å². The van der Waals surface area contributed by atoms with Gasteiger partial charge in [-0.3, -0.25) is 0 Å². The first kappa shape index (κ1) is 14.9. The standard InChI is InChI=1S/C12H18F3N5/c1-20-4-2-3-9(7-20)17-10-5-8(12(13,14)15)6-11(18-10)19-16/h5-6,9H,2-4,7,16H2,1H3,(H2,17,18,19). The van der Waals surface area contributed by atoms with Gasteiger partial charge in [-0.05, 0) is 38.6 Å². The number of aromatic nitrogens is 1. The van der Waals surface area contributed by atoms with Gasteiger partial charge in [0, 0.05) is 12.6 Å². The number of hydrogen-bond acceptors (Lipinski definition) is 5. The van der Waals surface area contributed by atoms with Crippen molar-refractivity contribution in [3.05, 3.63) is 17.7 Å². The molecule has 1 unspecified atom stereocenters. The van der Waals surface area contributed by atoms with Crippen molar-refractivity contribution in [2.45, 2.75) is 25.1 Å². The summed E-state index contributed by atoms with van der Waals surface area (Å²) in [4.78, 5) is 6.15. The van der Waals surface area contributed by atoms with E-state index < -0.39 is 11.7 Å². The molecule has 1 saturated heterocycles. The van der Waals surface area contributed by atoms with Gasteiger partial charge in [0.05, 0.1) is 5.56 Å². The minimum Gasteiger partial charge on any atom is -0.366 e. The van der Waals surface area contributed by atoms with Crippen molar-refractivity contribution in [1.29, 1.82) is 0 Å². The van der Waals surface area contributed by atoms with Crippen molar-refractivity contribution in [3.63, 3.8) is 0 Å². The molecular formula is C12H18F3N5. The molecule has 1 fully saturated rings. The number of nitrogens with one attached hydrogen (secondary N) is 2. The van der Waals surface area contributed by atoms with Gasteiger partial charge >= 0.3 is 6.18 Å². The van der Waals surface area contributed by atoms with Crippen LogP contribution in [0.5, 0.6) is 0 Å². The quantitative estimate of drug-likeness (QED) is 0.586. The lowest BCUT2D eigenvalue weighted by Gasteiger charge is -2.30. The normalized spacial score (nSPS) is 20.8. The van der Waals surface area contributed by atoms with Gasteiger partial charge in [-0.2, -0.15) is 13.2 Å². The fraction of sp³-hybridized carbons (Fsp3) is 0.583. The molecule has 2 heterocycles. The number of hydrazine groups is 1. The van der Waals surface area contributed by atoms with Crippen LogP contribution in [-0.2, 0) is 6.18 Å². The van der Waals surface area contributed by atoms with Gasteiger partial charge in [-0.15, -0.1) is 0 Å². The molecule has 0 aliphatic carbocycles. The number of piperidine rings is 1. The van der Waals surface area contributed by atoms with Gasteiger partial charge in [-0.25, -0.2) is 10.8 Å². The molecule has 0 radical (unpaired) electrons. The molecule has 20 heavy (non-hydrogen) atoms. The molecule has 4 N–H and O–H groups in total. The van der Waals surface area contributed by atoms with Crippen LogP contribution in [0.2, 0.25) is 0 Å². The summed E-state index contributed by atoms with van der Waals surface area (Å²) in [5, 5.41) is 3.05. The van der Waals surface area contributed by atoms with Gasteiger partial charge < -0.3 is 15.6 Å². The monoisotopic (exact) mass is 289 g/mol. The maximum atomic E-state index is 12.8. The molecule has 0 bridgehead atoms. The van der Waals surface area contributed by atoms with Gasteiger partial charge in [0.2, 0.25) is 0 Å². The SMILES string of the molecule is CN1CCCC(Nc2cc(C(F)(F)F)cc(NN)n2)C1. The molecule has 0 saturated carbocycles. The number of nitrogens with two attached hydrogens (primary N) is 1. The summed E-state index contributed by atoms with van der Waals surface area (Å²) < 4.78 is 38.4. The maximum absolute atomic E-state index is 12.8. The van der Waals surface area contributed by atoms with E-state index in [-0.39, 0.29) is 17.7 Å². The Labute approximate surface area is 115 Å². The first-order chi connectivity index (χ1) is 9.38. The van der Waals surface area contributed by atoms with Crippen molar-refractivity contribution in [2.24, 2.45) is 5.84 Å². The zero-order valence-corrected chi connectivity index (χ0v) is 11.2. The van der Waals surface area contributed by atoms with Crippen LogP contribution in [0.1, 0.15) is 18.4 Å². The Hall–Kier alpha value is -1.54. The van der Waals surface area contributed by atoms with E-state index in [9.17, 15) is 13.2 Å². The Kier molecular flexibility index (Phi) is 4.34. The van der Waals surface area contributed by atoms with Gasteiger partial charge in [0.1, 0.15) is 11.6 Å². The second-order valence-corrected chi connectivity index (χ2v) is 5.01. The Morgan fingerprint density at radius 2 is 2.05 bits per heavy atom. The minimum atomic E-state index is -4.42. The fourth-order valence-electron chi connectivity index (χ4n) is 2.34. The summed E-state index contributed by atoms with van der Waals surface area (Å²) in [5.41, 5.74) is 1.39. The Morgan fingerprint density at radius 3 is 2.65 bits per heavy atom. The maximum Gasteiger partial charge on any atom is 0.416 e. The van der Waals surface area contributed by atoms with E-state index in [1.807, 2.05) is 7.05 Å². The predicted octanol–water partition coefficient (Wildman–Crippen LogP) is 1.89. The predicted molar refractivity (Wildman–Crippen MR) is 71.2 cm³/mol. The molecule has 2 rings (SSSR count). The number of anilines is 2. The van der Waals surface area contributed by atoms with E-state index in [0.29, 0.717) is 0 Å². The molecule has 1 atom stereocenters. The zero-order chi connectivity index (χ0) is 14.8. The molecule has 8 heteroatoms. The molecule has 0 spiro atoms. The molecule has 1 aliphatic heterocycles. The first-order valence-corrected chi connectivity index (χ1v) is 6.39. The molecule has 1 aromatic heterocycles. The minimum absolute atomic E-state index is 0.00788.